The van der Waals surface area contributed by atoms with Crippen LogP contribution < -0.4 is 5.73 Å². The van der Waals surface area contributed by atoms with Gasteiger partial charge in [-0.05, 0) is 17.0 Å². The summed E-state index contributed by atoms with van der Waals surface area (Å²) in [5.74, 6) is 0.0583. The molecule has 0 heterocycles. The van der Waals surface area contributed by atoms with E-state index in [2.05, 4.69) is 5.73 Å². The minimum Gasteiger partial charge on any atom is -0.374 e. The van der Waals surface area contributed by atoms with Gasteiger partial charge in [-0.3, -0.25) is 4.79 Å². The van der Waals surface area contributed by atoms with Crippen LogP contribution in [0.2, 0.25) is 0 Å². The molecule has 0 saturated carbocycles. The Hall–Kier alpha value is -2.01. The summed E-state index contributed by atoms with van der Waals surface area (Å²) in [6.45, 7) is 2.72. The van der Waals surface area contributed by atoms with Gasteiger partial charge in [-0.15, -0.1) is 0 Å². The lowest BCUT2D eigenvalue weighted by molar-refractivity contribution is -0.374. The van der Waals surface area contributed by atoms with Gasteiger partial charge in [0.25, 0.3) is 0 Å². The Bertz CT molecular complexity index is 716. The molecule has 1 aliphatic carbocycles. The van der Waals surface area contributed by atoms with Crippen LogP contribution in [-0.4, -0.2) is 38.8 Å². The van der Waals surface area contributed by atoms with Gasteiger partial charge in [-0.1, -0.05) is 36.4 Å². The van der Waals surface area contributed by atoms with Crippen molar-refractivity contribution in [3.63, 3.8) is 0 Å². The molecule has 0 saturated heterocycles. The molecular formula is C18H20NO3+. The molecule has 0 radical (unpaired) electrons. The van der Waals surface area contributed by atoms with E-state index in [0.717, 1.165) is 28.4 Å². The van der Waals surface area contributed by atoms with Crippen LogP contribution in [0.4, 0.5) is 0 Å². The number of ether oxygens (including phenoxy) is 2. The Morgan fingerprint density at radius 3 is 2.55 bits per heavy atom. The van der Waals surface area contributed by atoms with E-state index in [1.807, 2.05) is 42.5 Å². The average Bonchev–Trinajstić information content (AvgIpc) is 2.55. The minimum absolute atomic E-state index is 0.0583. The SMILES string of the molecule is [NH3+]CCOCCOCC1=Cc2cccc3cccc(c23)C1=O. The van der Waals surface area contributed by atoms with Crippen molar-refractivity contribution < 1.29 is 20.0 Å². The van der Waals surface area contributed by atoms with Crippen LogP contribution in [0, 0.1) is 0 Å². The van der Waals surface area contributed by atoms with E-state index in [0.29, 0.717) is 32.0 Å². The van der Waals surface area contributed by atoms with Crippen LogP contribution in [-0.2, 0) is 9.47 Å². The maximum Gasteiger partial charge on any atom is 0.192 e. The van der Waals surface area contributed by atoms with Crippen molar-refractivity contribution in [1.82, 2.24) is 0 Å². The van der Waals surface area contributed by atoms with Gasteiger partial charge in [0.15, 0.2) is 5.78 Å². The molecule has 0 bridgehead atoms. The number of carbonyl (C=O) groups excluding carboxylic acids is 1. The number of ketones is 1. The lowest BCUT2D eigenvalue weighted by Gasteiger charge is -2.17. The summed E-state index contributed by atoms with van der Waals surface area (Å²) < 4.78 is 10.9. The zero-order valence-corrected chi connectivity index (χ0v) is 12.5. The number of hydrogen-bond donors (Lipinski definition) is 1. The van der Waals surface area contributed by atoms with Crippen LogP contribution in [0.1, 0.15) is 15.9 Å². The molecule has 4 heteroatoms. The van der Waals surface area contributed by atoms with Gasteiger partial charge >= 0.3 is 0 Å². The topological polar surface area (TPSA) is 63.2 Å². The van der Waals surface area contributed by atoms with E-state index in [-0.39, 0.29) is 5.78 Å². The molecule has 1 aliphatic rings. The number of carbonyl (C=O) groups is 1. The summed E-state index contributed by atoms with van der Waals surface area (Å²) >= 11 is 0. The predicted octanol–water partition coefficient (Wildman–Crippen LogP) is 1.69. The van der Waals surface area contributed by atoms with Crippen LogP contribution in [0.5, 0.6) is 0 Å². The summed E-state index contributed by atoms with van der Waals surface area (Å²) in [6.07, 6.45) is 1.94. The maximum absolute atomic E-state index is 12.6. The fraction of sp³-hybridized carbons (Fsp3) is 0.278. The monoisotopic (exact) mass is 298 g/mol. The molecule has 2 aromatic carbocycles. The molecule has 22 heavy (non-hydrogen) atoms. The number of quaternary nitrogens is 1. The molecule has 3 rings (SSSR count). The summed E-state index contributed by atoms with van der Waals surface area (Å²) in [4.78, 5) is 12.6. The molecule has 0 unspecified atom stereocenters. The number of rotatable bonds is 7. The van der Waals surface area contributed by atoms with Gasteiger partial charge in [0.2, 0.25) is 0 Å². The summed E-state index contributed by atoms with van der Waals surface area (Å²) in [6, 6.07) is 11.9. The Kier molecular flexibility index (Phi) is 4.63. The molecule has 0 aromatic heterocycles. The molecule has 0 aliphatic heterocycles. The standard InChI is InChI=1S/C18H19NO3/c19-7-8-21-9-10-22-12-15-11-14-5-1-3-13-4-2-6-16(17(13)14)18(15)20/h1-6,11H,7-10,12,19H2/p+1. The highest BCUT2D eigenvalue weighted by atomic mass is 16.5. The van der Waals surface area contributed by atoms with Gasteiger partial charge in [-0.25, -0.2) is 0 Å². The quantitative estimate of drug-likeness (QED) is 0.791. The largest absolute Gasteiger partial charge is 0.374 e. The normalized spacial score (nSPS) is 13.5. The van der Waals surface area contributed by atoms with E-state index < -0.39 is 0 Å². The molecule has 0 spiro atoms. The van der Waals surface area contributed by atoms with E-state index in [4.69, 9.17) is 9.47 Å². The first-order valence-electron chi connectivity index (χ1n) is 7.53. The molecule has 0 atom stereocenters. The van der Waals surface area contributed by atoms with E-state index in [1.165, 1.54) is 0 Å². The van der Waals surface area contributed by atoms with Crippen LogP contribution in [0.15, 0.2) is 42.0 Å². The first-order valence-corrected chi connectivity index (χ1v) is 7.53. The van der Waals surface area contributed by atoms with Crippen molar-refractivity contribution in [1.29, 1.82) is 0 Å². The van der Waals surface area contributed by atoms with E-state index >= 15 is 0 Å². The summed E-state index contributed by atoms with van der Waals surface area (Å²) in [5, 5.41) is 2.14. The third kappa shape index (κ3) is 2.95. The molecule has 4 nitrogen and oxygen atoms in total. The molecule has 0 fully saturated rings. The predicted molar refractivity (Wildman–Crippen MR) is 85.6 cm³/mol. The number of benzene rings is 2. The van der Waals surface area contributed by atoms with Gasteiger partial charge in [0, 0.05) is 16.5 Å². The second kappa shape index (κ2) is 6.83. The van der Waals surface area contributed by atoms with Crippen LogP contribution >= 0.6 is 0 Å². The van der Waals surface area contributed by atoms with Crippen molar-refractivity contribution >= 4 is 22.6 Å². The van der Waals surface area contributed by atoms with Crippen molar-refractivity contribution in [3.8, 4) is 0 Å². The van der Waals surface area contributed by atoms with Gasteiger partial charge < -0.3 is 15.2 Å². The fourth-order valence-corrected chi connectivity index (χ4v) is 2.72. The Balaban J connectivity index is 1.73. The smallest absolute Gasteiger partial charge is 0.192 e. The van der Waals surface area contributed by atoms with Crippen molar-refractivity contribution in [2.75, 3.05) is 33.0 Å². The van der Waals surface area contributed by atoms with Crippen molar-refractivity contribution in [3.05, 3.63) is 53.1 Å². The number of Topliss-reactive ketones (excluding diaryl/α,β-unsaturated/α-hetero) is 1. The Morgan fingerprint density at radius 2 is 1.73 bits per heavy atom. The third-order valence-electron chi connectivity index (χ3n) is 3.72. The Labute approximate surface area is 129 Å². The second-order valence-corrected chi connectivity index (χ2v) is 5.27. The number of hydrogen-bond acceptors (Lipinski definition) is 3. The highest BCUT2D eigenvalue weighted by molar-refractivity contribution is 6.22. The summed E-state index contributed by atoms with van der Waals surface area (Å²) in [5.41, 5.74) is 6.25. The van der Waals surface area contributed by atoms with Gasteiger partial charge in [0.1, 0.15) is 0 Å². The average molecular weight is 298 g/mol. The minimum atomic E-state index is 0.0583. The lowest BCUT2D eigenvalue weighted by atomic mass is 9.88. The zero-order chi connectivity index (χ0) is 15.4. The highest BCUT2D eigenvalue weighted by Crippen LogP contribution is 2.31. The highest BCUT2D eigenvalue weighted by Gasteiger charge is 2.21. The first kappa shape index (κ1) is 14.9. The first-order chi connectivity index (χ1) is 10.8. The van der Waals surface area contributed by atoms with Crippen molar-refractivity contribution in [2.24, 2.45) is 0 Å². The third-order valence-corrected chi connectivity index (χ3v) is 3.72. The van der Waals surface area contributed by atoms with E-state index in [1.54, 1.807) is 0 Å². The zero-order valence-electron chi connectivity index (χ0n) is 12.5. The second-order valence-electron chi connectivity index (χ2n) is 5.27. The fourth-order valence-electron chi connectivity index (χ4n) is 2.72. The molecular weight excluding hydrogens is 278 g/mol. The molecule has 0 amide bonds. The maximum atomic E-state index is 12.6. The van der Waals surface area contributed by atoms with E-state index in [9.17, 15) is 4.79 Å². The van der Waals surface area contributed by atoms with Crippen LogP contribution in [0.25, 0.3) is 16.8 Å². The molecule has 3 N–H and O–H groups in total. The van der Waals surface area contributed by atoms with Gasteiger partial charge in [0.05, 0.1) is 33.0 Å². The summed E-state index contributed by atoms with van der Waals surface area (Å²) in [7, 11) is 0. The van der Waals surface area contributed by atoms with Crippen molar-refractivity contribution in [2.45, 2.75) is 0 Å². The van der Waals surface area contributed by atoms with Gasteiger partial charge in [-0.2, -0.15) is 0 Å². The van der Waals surface area contributed by atoms with Crippen LogP contribution in [0.3, 0.4) is 0 Å². The molecule has 114 valence electrons. The molecule has 2 aromatic rings. The lowest BCUT2D eigenvalue weighted by Crippen LogP contribution is -2.52. The Morgan fingerprint density at radius 1 is 0.955 bits per heavy atom.